The fourth-order valence-electron chi connectivity index (χ4n) is 1.31. The van der Waals surface area contributed by atoms with E-state index in [-0.39, 0.29) is 36.8 Å². The van der Waals surface area contributed by atoms with Gasteiger partial charge in [-0.25, -0.2) is 0 Å². The van der Waals surface area contributed by atoms with Crippen LogP contribution >= 0.6 is 12.4 Å². The molecule has 6 heteroatoms. The van der Waals surface area contributed by atoms with Crippen molar-refractivity contribution in [1.29, 1.82) is 0 Å². The Kier molecular flexibility index (Phi) is 6.36. The zero-order valence-corrected chi connectivity index (χ0v) is 10.5. The second-order valence-corrected chi connectivity index (χ2v) is 4.18. The Balaban J connectivity index is 0.00000225. The summed E-state index contributed by atoms with van der Waals surface area (Å²) in [6.45, 7) is 2.05. The fourth-order valence-corrected chi connectivity index (χ4v) is 1.31. The van der Waals surface area contributed by atoms with Crippen molar-refractivity contribution in [2.24, 2.45) is 11.7 Å². The summed E-state index contributed by atoms with van der Waals surface area (Å²) in [5, 5.41) is 2.73. The molecule has 94 valence electrons. The van der Waals surface area contributed by atoms with E-state index in [1.165, 1.54) is 24.7 Å². The Morgan fingerprint density at radius 1 is 1.50 bits per heavy atom. The first-order valence-corrected chi connectivity index (χ1v) is 5.24. The molecular formula is C10H20ClN3O2. The maximum atomic E-state index is 11.3. The SMILES string of the molecule is CC(=O)N(C)CC(=O)NCC(N)C1CC1.Cl. The van der Waals surface area contributed by atoms with Crippen molar-refractivity contribution in [3.05, 3.63) is 0 Å². The third-order valence-corrected chi connectivity index (χ3v) is 2.68. The quantitative estimate of drug-likeness (QED) is 0.705. The number of hydrogen-bond donors (Lipinski definition) is 2. The lowest BCUT2D eigenvalue weighted by Gasteiger charge is -2.16. The number of likely N-dealkylation sites (N-methyl/N-ethyl adjacent to an activating group) is 1. The fraction of sp³-hybridized carbons (Fsp3) is 0.800. The minimum atomic E-state index is -0.149. The first-order chi connectivity index (χ1) is 7.00. The largest absolute Gasteiger partial charge is 0.353 e. The Hall–Kier alpha value is -0.810. The van der Waals surface area contributed by atoms with Crippen molar-refractivity contribution in [3.63, 3.8) is 0 Å². The highest BCUT2D eigenvalue weighted by Crippen LogP contribution is 2.31. The van der Waals surface area contributed by atoms with Gasteiger partial charge < -0.3 is 16.0 Å². The van der Waals surface area contributed by atoms with Gasteiger partial charge in [0, 0.05) is 26.6 Å². The van der Waals surface area contributed by atoms with Crippen LogP contribution in [0.5, 0.6) is 0 Å². The number of rotatable bonds is 5. The maximum absolute atomic E-state index is 11.3. The summed E-state index contributed by atoms with van der Waals surface area (Å²) in [5.41, 5.74) is 5.82. The molecule has 0 radical (unpaired) electrons. The van der Waals surface area contributed by atoms with Gasteiger partial charge in [0.1, 0.15) is 0 Å². The van der Waals surface area contributed by atoms with E-state index in [9.17, 15) is 9.59 Å². The van der Waals surface area contributed by atoms with Crippen molar-refractivity contribution >= 4 is 24.2 Å². The standard InChI is InChI=1S/C10H19N3O2.ClH/c1-7(14)13(2)6-10(15)12-5-9(11)8-3-4-8;/h8-9H,3-6,11H2,1-2H3,(H,12,15);1H. The number of carbonyl (C=O) groups excluding carboxylic acids is 2. The molecule has 0 aliphatic heterocycles. The summed E-state index contributed by atoms with van der Waals surface area (Å²) in [5.74, 6) is 0.316. The molecule has 1 aliphatic rings. The van der Waals surface area contributed by atoms with E-state index in [4.69, 9.17) is 5.73 Å². The molecule has 1 atom stereocenters. The van der Waals surface area contributed by atoms with E-state index in [0.717, 1.165) is 0 Å². The molecule has 0 aromatic heterocycles. The summed E-state index contributed by atoms with van der Waals surface area (Å²) in [6.07, 6.45) is 2.34. The minimum Gasteiger partial charge on any atom is -0.353 e. The van der Waals surface area contributed by atoms with Crippen LogP contribution in [0.2, 0.25) is 0 Å². The van der Waals surface area contributed by atoms with Gasteiger partial charge in [-0.15, -0.1) is 12.4 Å². The highest BCUT2D eigenvalue weighted by molar-refractivity contribution is 5.85. The van der Waals surface area contributed by atoms with E-state index < -0.39 is 0 Å². The van der Waals surface area contributed by atoms with Crippen LogP contribution in [0.15, 0.2) is 0 Å². The number of carbonyl (C=O) groups is 2. The Morgan fingerprint density at radius 2 is 2.06 bits per heavy atom. The molecule has 5 nitrogen and oxygen atoms in total. The molecule has 1 rings (SSSR count). The summed E-state index contributed by atoms with van der Waals surface area (Å²) in [4.78, 5) is 23.6. The van der Waals surface area contributed by atoms with Gasteiger partial charge in [0.2, 0.25) is 11.8 Å². The number of amides is 2. The van der Waals surface area contributed by atoms with Crippen LogP contribution in [0.25, 0.3) is 0 Å². The molecule has 2 amide bonds. The molecule has 0 heterocycles. The van der Waals surface area contributed by atoms with Gasteiger partial charge in [0.05, 0.1) is 6.54 Å². The average Bonchev–Trinajstić information content (AvgIpc) is 2.96. The van der Waals surface area contributed by atoms with Crippen LogP contribution in [0.3, 0.4) is 0 Å². The smallest absolute Gasteiger partial charge is 0.239 e. The lowest BCUT2D eigenvalue weighted by atomic mass is 10.2. The molecule has 0 spiro atoms. The van der Waals surface area contributed by atoms with E-state index >= 15 is 0 Å². The molecule has 0 aromatic carbocycles. The number of hydrogen-bond acceptors (Lipinski definition) is 3. The molecule has 1 fully saturated rings. The molecule has 3 N–H and O–H groups in total. The molecule has 1 saturated carbocycles. The van der Waals surface area contributed by atoms with Crippen LogP contribution in [-0.2, 0) is 9.59 Å². The molecule has 0 bridgehead atoms. The van der Waals surface area contributed by atoms with Crippen LogP contribution in [0, 0.1) is 5.92 Å². The van der Waals surface area contributed by atoms with Crippen LogP contribution < -0.4 is 11.1 Å². The monoisotopic (exact) mass is 249 g/mol. The van der Waals surface area contributed by atoms with Gasteiger partial charge >= 0.3 is 0 Å². The third-order valence-electron chi connectivity index (χ3n) is 2.68. The molecule has 16 heavy (non-hydrogen) atoms. The first-order valence-electron chi connectivity index (χ1n) is 5.24. The van der Waals surface area contributed by atoms with E-state index in [1.54, 1.807) is 7.05 Å². The lowest BCUT2D eigenvalue weighted by Crippen LogP contribution is -2.43. The van der Waals surface area contributed by atoms with Crippen molar-refractivity contribution in [2.45, 2.75) is 25.8 Å². The van der Waals surface area contributed by atoms with Crippen molar-refractivity contribution < 1.29 is 9.59 Å². The summed E-state index contributed by atoms with van der Waals surface area (Å²) < 4.78 is 0. The van der Waals surface area contributed by atoms with Gasteiger partial charge in [-0.05, 0) is 18.8 Å². The average molecular weight is 250 g/mol. The maximum Gasteiger partial charge on any atom is 0.239 e. The highest BCUT2D eigenvalue weighted by atomic mass is 35.5. The van der Waals surface area contributed by atoms with E-state index in [2.05, 4.69) is 5.32 Å². The normalized spacial score (nSPS) is 15.9. The van der Waals surface area contributed by atoms with Gasteiger partial charge in [-0.1, -0.05) is 0 Å². The van der Waals surface area contributed by atoms with Gasteiger partial charge in [-0.2, -0.15) is 0 Å². The van der Waals surface area contributed by atoms with E-state index in [0.29, 0.717) is 12.5 Å². The second-order valence-electron chi connectivity index (χ2n) is 4.18. The zero-order chi connectivity index (χ0) is 11.4. The van der Waals surface area contributed by atoms with Gasteiger partial charge in [-0.3, -0.25) is 9.59 Å². The van der Waals surface area contributed by atoms with E-state index in [1.807, 2.05) is 0 Å². The first kappa shape index (κ1) is 15.2. The molecule has 1 aliphatic carbocycles. The summed E-state index contributed by atoms with van der Waals surface area (Å²) >= 11 is 0. The molecule has 1 unspecified atom stereocenters. The summed E-state index contributed by atoms with van der Waals surface area (Å²) in [7, 11) is 1.60. The second kappa shape index (κ2) is 6.70. The van der Waals surface area contributed by atoms with Gasteiger partial charge in [0.25, 0.3) is 0 Å². The molecule has 0 aromatic rings. The lowest BCUT2D eigenvalue weighted by molar-refractivity contribution is -0.133. The highest BCUT2D eigenvalue weighted by Gasteiger charge is 2.28. The zero-order valence-electron chi connectivity index (χ0n) is 9.73. The van der Waals surface area contributed by atoms with Crippen LogP contribution in [0.4, 0.5) is 0 Å². The van der Waals surface area contributed by atoms with Crippen molar-refractivity contribution in [1.82, 2.24) is 10.2 Å². The topological polar surface area (TPSA) is 75.4 Å². The molecule has 0 saturated heterocycles. The minimum absolute atomic E-state index is 0. The number of nitrogens with zero attached hydrogens (tertiary/aromatic N) is 1. The number of halogens is 1. The predicted octanol–water partition coefficient (Wildman–Crippen LogP) is -0.260. The van der Waals surface area contributed by atoms with Crippen LogP contribution in [-0.4, -0.2) is 42.9 Å². The Labute approximate surface area is 102 Å². The summed E-state index contributed by atoms with van der Waals surface area (Å²) in [6, 6.07) is 0.0663. The van der Waals surface area contributed by atoms with Crippen molar-refractivity contribution in [3.8, 4) is 0 Å². The van der Waals surface area contributed by atoms with Crippen LogP contribution in [0.1, 0.15) is 19.8 Å². The Bertz CT molecular complexity index is 256. The Morgan fingerprint density at radius 3 is 2.50 bits per heavy atom. The predicted molar refractivity (Wildman–Crippen MR) is 64.3 cm³/mol. The van der Waals surface area contributed by atoms with Crippen molar-refractivity contribution in [2.75, 3.05) is 20.1 Å². The number of nitrogens with two attached hydrogens (primary N) is 1. The molecular weight excluding hydrogens is 230 g/mol. The van der Waals surface area contributed by atoms with Gasteiger partial charge in [0.15, 0.2) is 0 Å². The number of nitrogens with one attached hydrogen (secondary N) is 1. The third kappa shape index (κ3) is 5.32.